The Morgan fingerprint density at radius 3 is 2.70 bits per heavy atom. The van der Waals surface area contributed by atoms with Crippen LogP contribution in [0.2, 0.25) is 0 Å². The monoisotopic (exact) mass is 428 g/mol. The number of ketones is 1. The average Bonchev–Trinajstić information content (AvgIpc) is 3.12. The Labute approximate surface area is 176 Å². The highest BCUT2D eigenvalue weighted by molar-refractivity contribution is 7.16. The second kappa shape index (κ2) is 8.91. The zero-order chi connectivity index (χ0) is 21.8. The van der Waals surface area contributed by atoms with Crippen LogP contribution in [0.1, 0.15) is 34.8 Å². The van der Waals surface area contributed by atoms with Crippen LogP contribution in [-0.2, 0) is 4.79 Å². The van der Waals surface area contributed by atoms with E-state index in [-0.39, 0.29) is 11.5 Å². The van der Waals surface area contributed by atoms with Crippen molar-refractivity contribution in [1.29, 1.82) is 0 Å². The molecule has 3 aromatic rings. The second-order valence-corrected chi connectivity index (χ2v) is 7.29. The molecular formula is C21H20N2O6S. The number of aromatic nitrogens is 1. The molecule has 1 aromatic carbocycles. The molecule has 1 atom stereocenters. The summed E-state index contributed by atoms with van der Waals surface area (Å²) in [6.45, 7) is 3.44. The van der Waals surface area contributed by atoms with Gasteiger partial charge in [-0.1, -0.05) is 0 Å². The van der Waals surface area contributed by atoms with Gasteiger partial charge in [0.1, 0.15) is 22.4 Å². The van der Waals surface area contributed by atoms with Gasteiger partial charge in [0.15, 0.2) is 5.78 Å². The van der Waals surface area contributed by atoms with E-state index in [0.717, 1.165) is 17.7 Å². The molecule has 0 radical (unpaired) electrons. The molecule has 2 aromatic heterocycles. The number of nitrogens with zero attached hydrogens (tertiary/aromatic N) is 1. The molecule has 8 nitrogen and oxygen atoms in total. The third-order valence-corrected chi connectivity index (χ3v) is 5.35. The van der Waals surface area contributed by atoms with E-state index in [2.05, 4.69) is 10.3 Å². The van der Waals surface area contributed by atoms with Crippen LogP contribution >= 0.6 is 11.3 Å². The lowest BCUT2D eigenvalue weighted by Crippen LogP contribution is -2.26. The van der Waals surface area contributed by atoms with Crippen molar-refractivity contribution in [2.75, 3.05) is 14.2 Å². The summed E-state index contributed by atoms with van der Waals surface area (Å²) in [6, 6.07) is 4.14. The summed E-state index contributed by atoms with van der Waals surface area (Å²) < 4.78 is 15.6. The summed E-state index contributed by atoms with van der Waals surface area (Å²) in [7, 11) is 2.94. The van der Waals surface area contributed by atoms with Crippen LogP contribution < -0.4 is 20.4 Å². The zero-order valence-corrected chi connectivity index (χ0v) is 17.7. The molecule has 30 heavy (non-hydrogen) atoms. The molecule has 0 aliphatic carbocycles. The van der Waals surface area contributed by atoms with E-state index in [9.17, 15) is 14.4 Å². The summed E-state index contributed by atoms with van der Waals surface area (Å²) in [5, 5.41) is 4.90. The van der Waals surface area contributed by atoms with Crippen molar-refractivity contribution in [2.24, 2.45) is 0 Å². The van der Waals surface area contributed by atoms with Gasteiger partial charge in [-0.05, 0) is 49.1 Å². The van der Waals surface area contributed by atoms with Crippen molar-refractivity contribution in [3.8, 4) is 11.5 Å². The molecule has 0 aliphatic rings. The first kappa shape index (κ1) is 21.3. The largest absolute Gasteiger partial charge is 0.497 e. The van der Waals surface area contributed by atoms with Gasteiger partial charge in [-0.3, -0.25) is 9.59 Å². The fourth-order valence-corrected chi connectivity index (χ4v) is 3.70. The first-order valence-electron chi connectivity index (χ1n) is 8.97. The van der Waals surface area contributed by atoms with Gasteiger partial charge in [0, 0.05) is 6.08 Å². The molecule has 0 aliphatic heterocycles. The van der Waals surface area contributed by atoms with E-state index < -0.39 is 23.4 Å². The standard InChI is InChI=1S/C21H20N2O6S/c1-11-10-30-20-18(11)21(26)29-19(23-20)12(2)22-17(25)8-6-15(24)14-9-13(27-3)5-7-16(14)28-4/h5-10,12H,1-4H3,(H,22,25)/b8-6+/t12-/m0/s1. The molecule has 1 N–H and O–H groups in total. The van der Waals surface area contributed by atoms with Crippen LogP contribution in [0.15, 0.2) is 44.9 Å². The highest BCUT2D eigenvalue weighted by Gasteiger charge is 2.17. The number of ether oxygens (including phenoxy) is 2. The fourth-order valence-electron chi connectivity index (χ4n) is 2.79. The van der Waals surface area contributed by atoms with Crippen LogP contribution in [0.25, 0.3) is 10.2 Å². The quantitative estimate of drug-likeness (QED) is 0.455. The van der Waals surface area contributed by atoms with Crippen LogP contribution in [0.3, 0.4) is 0 Å². The third kappa shape index (κ3) is 4.41. The number of hydrogen-bond acceptors (Lipinski definition) is 8. The Balaban J connectivity index is 1.73. The highest BCUT2D eigenvalue weighted by atomic mass is 32.1. The van der Waals surface area contributed by atoms with Gasteiger partial charge >= 0.3 is 5.63 Å². The number of aryl methyl sites for hydroxylation is 1. The normalized spacial score (nSPS) is 12.1. The van der Waals surface area contributed by atoms with Gasteiger partial charge in [0.05, 0.1) is 25.2 Å². The van der Waals surface area contributed by atoms with E-state index in [4.69, 9.17) is 13.9 Å². The zero-order valence-electron chi connectivity index (χ0n) is 16.8. The summed E-state index contributed by atoms with van der Waals surface area (Å²) in [4.78, 5) is 41.7. The molecular weight excluding hydrogens is 408 g/mol. The first-order chi connectivity index (χ1) is 14.3. The molecule has 0 bridgehead atoms. The molecule has 1 amide bonds. The number of benzene rings is 1. The predicted octanol–water partition coefficient (Wildman–Crippen LogP) is 3.19. The number of rotatable bonds is 7. The van der Waals surface area contributed by atoms with E-state index in [1.54, 1.807) is 26.0 Å². The van der Waals surface area contributed by atoms with Crippen molar-refractivity contribution in [2.45, 2.75) is 19.9 Å². The summed E-state index contributed by atoms with van der Waals surface area (Å²) in [6.07, 6.45) is 2.23. The number of fused-ring (bicyclic) bond motifs is 1. The van der Waals surface area contributed by atoms with Gasteiger partial charge in [-0.25, -0.2) is 9.78 Å². The minimum Gasteiger partial charge on any atom is -0.497 e. The van der Waals surface area contributed by atoms with Crippen molar-refractivity contribution >= 4 is 33.2 Å². The van der Waals surface area contributed by atoms with Crippen LogP contribution in [0, 0.1) is 6.92 Å². The average molecular weight is 428 g/mol. The third-order valence-electron chi connectivity index (χ3n) is 4.36. The summed E-state index contributed by atoms with van der Waals surface area (Å²) >= 11 is 1.33. The second-order valence-electron chi connectivity index (χ2n) is 6.43. The number of hydrogen-bond donors (Lipinski definition) is 1. The Morgan fingerprint density at radius 2 is 2.00 bits per heavy atom. The lowest BCUT2D eigenvalue weighted by atomic mass is 10.1. The number of thiophene rings is 1. The topological polar surface area (TPSA) is 108 Å². The minimum atomic E-state index is -0.664. The van der Waals surface area contributed by atoms with E-state index in [0.29, 0.717) is 21.7 Å². The Hall–Kier alpha value is -3.46. The number of methoxy groups -OCH3 is 2. The molecule has 9 heteroatoms. The molecule has 2 heterocycles. The lowest BCUT2D eigenvalue weighted by Gasteiger charge is -2.10. The van der Waals surface area contributed by atoms with Crippen molar-refractivity contribution in [1.82, 2.24) is 10.3 Å². The van der Waals surface area contributed by atoms with Crippen molar-refractivity contribution in [3.63, 3.8) is 0 Å². The maximum absolute atomic E-state index is 12.5. The van der Waals surface area contributed by atoms with Crippen molar-refractivity contribution < 1.29 is 23.5 Å². The van der Waals surface area contributed by atoms with E-state index in [1.807, 2.05) is 5.38 Å². The molecule has 0 unspecified atom stereocenters. The molecule has 156 valence electrons. The Morgan fingerprint density at radius 1 is 1.23 bits per heavy atom. The van der Waals surface area contributed by atoms with Crippen LogP contribution in [-0.4, -0.2) is 30.9 Å². The lowest BCUT2D eigenvalue weighted by molar-refractivity contribution is -0.117. The van der Waals surface area contributed by atoms with Gasteiger partial charge < -0.3 is 19.2 Å². The SMILES string of the molecule is COc1ccc(OC)c(C(=O)/C=C/C(=O)N[C@@H](C)c2nc3scc(C)c3c(=O)o2)c1. The number of nitrogens with one attached hydrogen (secondary N) is 1. The maximum atomic E-state index is 12.5. The molecule has 0 spiro atoms. The number of amides is 1. The number of carbonyl (C=O) groups excluding carboxylic acids is 2. The molecule has 0 saturated carbocycles. The highest BCUT2D eigenvalue weighted by Crippen LogP contribution is 2.25. The van der Waals surface area contributed by atoms with E-state index >= 15 is 0 Å². The summed E-state index contributed by atoms with van der Waals surface area (Å²) in [5.74, 6) is -0.00845. The Kier molecular flexibility index (Phi) is 6.31. The smallest absolute Gasteiger partial charge is 0.348 e. The van der Waals surface area contributed by atoms with Gasteiger partial charge in [-0.15, -0.1) is 11.3 Å². The molecule has 3 rings (SSSR count). The number of carbonyl (C=O) groups is 2. The van der Waals surface area contributed by atoms with Gasteiger partial charge in [-0.2, -0.15) is 0 Å². The molecule has 0 saturated heterocycles. The van der Waals surface area contributed by atoms with Gasteiger partial charge in [0.2, 0.25) is 11.8 Å². The first-order valence-corrected chi connectivity index (χ1v) is 9.85. The van der Waals surface area contributed by atoms with E-state index in [1.165, 1.54) is 31.6 Å². The number of allylic oxidation sites excluding steroid dienone is 1. The fraction of sp³-hybridized carbons (Fsp3) is 0.238. The minimum absolute atomic E-state index is 0.0943. The predicted molar refractivity (Wildman–Crippen MR) is 112 cm³/mol. The summed E-state index contributed by atoms with van der Waals surface area (Å²) in [5.41, 5.74) is 0.569. The Bertz CT molecular complexity index is 1190. The van der Waals surface area contributed by atoms with Gasteiger partial charge in [0.25, 0.3) is 0 Å². The van der Waals surface area contributed by atoms with Crippen molar-refractivity contribution in [3.05, 3.63) is 63.2 Å². The van der Waals surface area contributed by atoms with Crippen LogP contribution in [0.4, 0.5) is 0 Å². The maximum Gasteiger partial charge on any atom is 0.348 e. The molecule has 0 fully saturated rings. The van der Waals surface area contributed by atoms with Crippen LogP contribution in [0.5, 0.6) is 11.5 Å².